The molecule has 9 heteroatoms. The van der Waals surface area contributed by atoms with Gasteiger partial charge in [-0.2, -0.15) is 0 Å². The number of nitrogens with one attached hydrogen (secondary N) is 3. The highest BCUT2D eigenvalue weighted by Gasteiger charge is 2.46. The van der Waals surface area contributed by atoms with Gasteiger partial charge in [-0.25, -0.2) is 0 Å². The van der Waals surface area contributed by atoms with Crippen molar-refractivity contribution in [1.29, 1.82) is 0 Å². The van der Waals surface area contributed by atoms with Crippen LogP contribution in [0.5, 0.6) is 5.75 Å². The number of rotatable bonds is 7. The van der Waals surface area contributed by atoms with Gasteiger partial charge in [-0.1, -0.05) is 55.7 Å². The highest BCUT2D eigenvalue weighted by Crippen LogP contribution is 2.37. The highest BCUT2D eigenvalue weighted by atomic mass is 16.5. The predicted molar refractivity (Wildman–Crippen MR) is 161 cm³/mol. The molecule has 3 aliphatic heterocycles. The van der Waals surface area contributed by atoms with Crippen LogP contribution in [0.1, 0.15) is 62.6 Å². The van der Waals surface area contributed by atoms with Crippen LogP contribution >= 0.6 is 0 Å². The van der Waals surface area contributed by atoms with E-state index in [0.717, 1.165) is 55.5 Å². The number of hydrogen-bond donors (Lipinski definition) is 3. The van der Waals surface area contributed by atoms with Crippen LogP contribution in [0.4, 0.5) is 5.69 Å². The number of para-hydroxylation sites is 2. The number of piperazine rings is 1. The quantitative estimate of drug-likeness (QED) is 0.471. The molecule has 3 heterocycles. The van der Waals surface area contributed by atoms with E-state index in [2.05, 4.69) is 33.0 Å². The summed E-state index contributed by atoms with van der Waals surface area (Å²) in [5.41, 5.74) is 3.35. The van der Waals surface area contributed by atoms with Gasteiger partial charge in [0, 0.05) is 30.8 Å². The Balaban J connectivity index is 1.30. The number of fused-ring (bicyclic) bond motifs is 4. The molecule has 0 aromatic heterocycles. The van der Waals surface area contributed by atoms with Crippen LogP contribution in [0.15, 0.2) is 48.5 Å². The molecule has 224 valence electrons. The zero-order chi connectivity index (χ0) is 29.2. The van der Waals surface area contributed by atoms with E-state index in [0.29, 0.717) is 26.1 Å². The number of hydrogen-bond acceptors (Lipinski definition) is 6. The Bertz CT molecular complexity index is 1310. The van der Waals surface area contributed by atoms with E-state index in [1.165, 1.54) is 5.56 Å². The fraction of sp³-hybridized carbons (Fsp3) is 0.545. The summed E-state index contributed by atoms with van der Waals surface area (Å²) in [7, 11) is 1.74. The molecule has 1 saturated carbocycles. The summed E-state index contributed by atoms with van der Waals surface area (Å²) < 4.78 is 5.83. The van der Waals surface area contributed by atoms with E-state index in [1.807, 2.05) is 36.4 Å². The third kappa shape index (κ3) is 5.59. The van der Waals surface area contributed by atoms with Crippen molar-refractivity contribution in [3.05, 3.63) is 59.7 Å². The van der Waals surface area contributed by atoms with E-state index in [-0.39, 0.29) is 35.7 Å². The minimum absolute atomic E-state index is 0.0594. The zero-order valence-electron chi connectivity index (χ0n) is 24.7. The lowest BCUT2D eigenvalue weighted by molar-refractivity contribution is -0.146. The highest BCUT2D eigenvalue weighted by molar-refractivity contribution is 5.94. The standard InChI is InChI=1S/C33H43N5O4/c1-21(34-2)31(39)36-30(22-10-4-3-5-11-22)33(41)38-19-24-18-23-12-6-8-14-27(23)37(24)20-28(38)32(40)35-26-16-17-42-29-15-9-7-13-25(26)29/h6-9,12-15,21-22,24,26,28,30,34H,3-5,10-11,16-20H2,1-2H3,(H,35,40)(H,36,39). The Kier molecular flexibility index (Phi) is 8.38. The maximum atomic E-state index is 14.6. The Morgan fingerprint density at radius 2 is 1.71 bits per heavy atom. The van der Waals surface area contributed by atoms with Crippen LogP contribution in [0.25, 0.3) is 0 Å². The van der Waals surface area contributed by atoms with Gasteiger partial charge in [0.1, 0.15) is 17.8 Å². The fourth-order valence-electron chi connectivity index (χ4n) is 7.24. The van der Waals surface area contributed by atoms with E-state index in [1.54, 1.807) is 18.9 Å². The third-order valence-corrected chi connectivity index (χ3v) is 9.72. The maximum absolute atomic E-state index is 14.6. The Morgan fingerprint density at radius 1 is 0.952 bits per heavy atom. The first-order chi connectivity index (χ1) is 20.4. The SMILES string of the molecule is CNC(C)C(=O)NC(C(=O)N1CC2Cc3ccccc3N2CC1C(=O)NC1CCOc2ccccc21)C1CCCCC1. The summed E-state index contributed by atoms with van der Waals surface area (Å²) in [6, 6.07) is 14.3. The molecule has 3 amide bonds. The number of carbonyl (C=O) groups is 3. The second-order valence-corrected chi connectivity index (χ2v) is 12.3. The summed E-state index contributed by atoms with van der Waals surface area (Å²) in [5.74, 6) is 0.363. The average molecular weight is 574 g/mol. The lowest BCUT2D eigenvalue weighted by Crippen LogP contribution is -2.67. The molecule has 0 bridgehead atoms. The molecule has 42 heavy (non-hydrogen) atoms. The van der Waals surface area contributed by atoms with Crippen LogP contribution in [-0.4, -0.2) is 73.5 Å². The lowest BCUT2D eigenvalue weighted by Gasteiger charge is -2.46. The molecule has 1 aliphatic carbocycles. The minimum Gasteiger partial charge on any atom is -0.493 e. The molecule has 2 aromatic carbocycles. The van der Waals surface area contributed by atoms with E-state index < -0.39 is 18.1 Å². The van der Waals surface area contributed by atoms with Crippen molar-refractivity contribution >= 4 is 23.4 Å². The topological polar surface area (TPSA) is 103 Å². The van der Waals surface area contributed by atoms with Crippen LogP contribution in [-0.2, 0) is 20.8 Å². The van der Waals surface area contributed by atoms with Crippen molar-refractivity contribution in [1.82, 2.24) is 20.9 Å². The van der Waals surface area contributed by atoms with E-state index >= 15 is 0 Å². The van der Waals surface area contributed by atoms with Gasteiger partial charge in [-0.05, 0) is 56.8 Å². The number of benzene rings is 2. The van der Waals surface area contributed by atoms with Gasteiger partial charge >= 0.3 is 0 Å². The van der Waals surface area contributed by atoms with Crippen molar-refractivity contribution in [2.45, 2.75) is 82.1 Å². The molecule has 4 aliphatic rings. The van der Waals surface area contributed by atoms with Crippen molar-refractivity contribution in [2.24, 2.45) is 5.92 Å². The number of anilines is 1. The van der Waals surface area contributed by atoms with Gasteiger partial charge in [0.25, 0.3) is 0 Å². The average Bonchev–Trinajstić information content (AvgIpc) is 3.40. The Morgan fingerprint density at radius 3 is 2.52 bits per heavy atom. The molecule has 5 unspecified atom stereocenters. The molecule has 5 atom stereocenters. The number of nitrogens with zero attached hydrogens (tertiary/aromatic N) is 2. The first-order valence-electron chi connectivity index (χ1n) is 15.6. The summed E-state index contributed by atoms with van der Waals surface area (Å²) in [5, 5.41) is 9.39. The number of carbonyl (C=O) groups excluding carboxylic acids is 3. The van der Waals surface area contributed by atoms with Crippen LogP contribution in [0.3, 0.4) is 0 Å². The minimum atomic E-state index is -0.681. The van der Waals surface area contributed by atoms with E-state index in [9.17, 15) is 14.4 Å². The lowest BCUT2D eigenvalue weighted by atomic mass is 9.82. The molecular formula is C33H43N5O4. The largest absolute Gasteiger partial charge is 0.493 e. The van der Waals surface area contributed by atoms with Crippen LogP contribution in [0.2, 0.25) is 0 Å². The Hall–Kier alpha value is -3.59. The molecule has 2 aromatic rings. The van der Waals surface area contributed by atoms with Crippen molar-refractivity contribution in [3.8, 4) is 5.75 Å². The zero-order valence-corrected chi connectivity index (χ0v) is 24.7. The van der Waals surface area contributed by atoms with Gasteiger partial charge in [-0.15, -0.1) is 0 Å². The maximum Gasteiger partial charge on any atom is 0.246 e. The first-order valence-corrected chi connectivity index (χ1v) is 15.6. The smallest absolute Gasteiger partial charge is 0.246 e. The molecule has 2 fully saturated rings. The molecule has 0 spiro atoms. The van der Waals surface area contributed by atoms with Crippen LogP contribution < -0.4 is 25.6 Å². The van der Waals surface area contributed by atoms with E-state index in [4.69, 9.17) is 4.74 Å². The molecule has 9 nitrogen and oxygen atoms in total. The van der Waals surface area contributed by atoms with Crippen molar-refractivity contribution in [3.63, 3.8) is 0 Å². The third-order valence-electron chi connectivity index (χ3n) is 9.72. The molecule has 1 saturated heterocycles. The summed E-state index contributed by atoms with van der Waals surface area (Å²) in [6.07, 6.45) is 6.54. The summed E-state index contributed by atoms with van der Waals surface area (Å²) in [4.78, 5) is 46.0. The fourth-order valence-corrected chi connectivity index (χ4v) is 7.24. The second kappa shape index (κ2) is 12.3. The molecule has 3 N–H and O–H groups in total. The summed E-state index contributed by atoms with van der Waals surface area (Å²) in [6.45, 7) is 3.18. The molecular weight excluding hydrogens is 530 g/mol. The number of ether oxygens (including phenoxy) is 1. The van der Waals surface area contributed by atoms with Gasteiger partial charge in [-0.3, -0.25) is 14.4 Å². The van der Waals surface area contributed by atoms with Gasteiger partial charge in [0.05, 0.1) is 24.7 Å². The summed E-state index contributed by atoms with van der Waals surface area (Å²) >= 11 is 0. The first kappa shape index (κ1) is 28.5. The molecule has 6 rings (SSSR count). The predicted octanol–water partition coefficient (Wildman–Crippen LogP) is 2.94. The van der Waals surface area contributed by atoms with Crippen molar-refractivity contribution in [2.75, 3.05) is 31.6 Å². The van der Waals surface area contributed by atoms with Gasteiger partial charge in [0.15, 0.2) is 0 Å². The Labute approximate surface area is 248 Å². The number of likely N-dealkylation sites (N-methyl/N-ethyl adjacent to an activating group) is 1. The molecule has 0 radical (unpaired) electrons. The van der Waals surface area contributed by atoms with Crippen LogP contribution in [0, 0.1) is 5.92 Å². The van der Waals surface area contributed by atoms with Crippen molar-refractivity contribution < 1.29 is 19.1 Å². The number of amides is 3. The second-order valence-electron chi connectivity index (χ2n) is 12.3. The monoisotopic (exact) mass is 573 g/mol. The normalized spacial score (nSPS) is 24.9. The van der Waals surface area contributed by atoms with Gasteiger partial charge < -0.3 is 30.5 Å². The van der Waals surface area contributed by atoms with Gasteiger partial charge in [0.2, 0.25) is 17.7 Å².